The maximum absolute atomic E-state index is 11.5. The van der Waals surface area contributed by atoms with Crippen molar-refractivity contribution in [2.45, 2.75) is 26.4 Å². The second-order valence-electron chi connectivity index (χ2n) is 4.27. The fourth-order valence-corrected chi connectivity index (χ4v) is 1.50. The van der Waals surface area contributed by atoms with Gasteiger partial charge in [-0.05, 0) is 23.6 Å². The van der Waals surface area contributed by atoms with Crippen LogP contribution < -0.4 is 16.0 Å². The predicted molar refractivity (Wildman–Crippen MR) is 67.3 cm³/mol. The zero-order valence-corrected chi connectivity index (χ0v) is 10.5. The van der Waals surface area contributed by atoms with E-state index in [0.717, 1.165) is 5.56 Å². The zero-order valence-electron chi connectivity index (χ0n) is 10.5. The Balaban J connectivity index is 2.75. The first kappa shape index (κ1) is 14.0. The summed E-state index contributed by atoms with van der Waals surface area (Å²) in [5, 5.41) is 8.56. The van der Waals surface area contributed by atoms with Gasteiger partial charge in [-0.25, -0.2) is 5.84 Å². The standard InChI is InChI=1S/C13H17N3O2/c1-9(2)12(13(17)16-15)18-11-5-3-10(4-6-11)7-8-14/h3-6,9,12H,7,15H2,1-2H3,(H,16,17). The molecule has 5 heteroatoms. The number of hydrogen-bond donors (Lipinski definition) is 2. The molecule has 0 aliphatic carbocycles. The van der Waals surface area contributed by atoms with Crippen molar-refractivity contribution in [1.29, 1.82) is 5.26 Å². The maximum atomic E-state index is 11.5. The fraction of sp³-hybridized carbons (Fsp3) is 0.385. The highest BCUT2D eigenvalue weighted by atomic mass is 16.5. The van der Waals surface area contributed by atoms with Crippen molar-refractivity contribution in [3.63, 3.8) is 0 Å². The lowest BCUT2D eigenvalue weighted by Crippen LogP contribution is -2.44. The van der Waals surface area contributed by atoms with Crippen LogP contribution in [0.3, 0.4) is 0 Å². The summed E-state index contributed by atoms with van der Waals surface area (Å²) >= 11 is 0. The summed E-state index contributed by atoms with van der Waals surface area (Å²) < 4.78 is 5.59. The fourth-order valence-electron chi connectivity index (χ4n) is 1.50. The molecule has 0 heterocycles. The van der Waals surface area contributed by atoms with E-state index in [1.54, 1.807) is 24.3 Å². The monoisotopic (exact) mass is 247 g/mol. The lowest BCUT2D eigenvalue weighted by molar-refractivity contribution is -0.129. The number of nitrogens with two attached hydrogens (primary N) is 1. The Bertz CT molecular complexity index is 435. The molecule has 0 saturated carbocycles. The van der Waals surface area contributed by atoms with Crippen LogP contribution in [0.25, 0.3) is 0 Å². The molecule has 0 aromatic heterocycles. The molecule has 1 aromatic carbocycles. The molecule has 0 fully saturated rings. The van der Waals surface area contributed by atoms with Crippen molar-refractivity contribution in [1.82, 2.24) is 5.43 Å². The summed E-state index contributed by atoms with van der Waals surface area (Å²) in [6, 6.07) is 9.16. The van der Waals surface area contributed by atoms with E-state index < -0.39 is 6.10 Å². The highest BCUT2D eigenvalue weighted by molar-refractivity contribution is 5.80. The minimum Gasteiger partial charge on any atom is -0.480 e. The maximum Gasteiger partial charge on any atom is 0.275 e. The third kappa shape index (κ3) is 3.75. The van der Waals surface area contributed by atoms with Gasteiger partial charge < -0.3 is 4.74 Å². The number of nitriles is 1. The number of hydrazine groups is 1. The van der Waals surface area contributed by atoms with Gasteiger partial charge in [-0.15, -0.1) is 0 Å². The Morgan fingerprint density at radius 3 is 2.50 bits per heavy atom. The molecule has 1 atom stereocenters. The molecule has 1 aromatic rings. The van der Waals surface area contributed by atoms with Gasteiger partial charge in [0.2, 0.25) is 0 Å². The molecule has 1 rings (SSSR count). The first-order chi connectivity index (χ1) is 8.58. The topological polar surface area (TPSA) is 88.1 Å². The average molecular weight is 247 g/mol. The normalized spacial score (nSPS) is 11.7. The predicted octanol–water partition coefficient (Wildman–Crippen LogP) is 1.15. The highest BCUT2D eigenvalue weighted by Gasteiger charge is 2.23. The van der Waals surface area contributed by atoms with Gasteiger partial charge in [0, 0.05) is 0 Å². The van der Waals surface area contributed by atoms with Crippen LogP contribution in [0, 0.1) is 17.2 Å². The lowest BCUT2D eigenvalue weighted by Gasteiger charge is -2.20. The number of amides is 1. The molecule has 0 saturated heterocycles. The number of nitrogens with zero attached hydrogens (tertiary/aromatic N) is 1. The van der Waals surface area contributed by atoms with E-state index in [2.05, 4.69) is 11.5 Å². The molecule has 1 unspecified atom stereocenters. The van der Waals surface area contributed by atoms with Crippen LogP contribution >= 0.6 is 0 Å². The van der Waals surface area contributed by atoms with Crippen molar-refractivity contribution >= 4 is 5.91 Å². The van der Waals surface area contributed by atoms with E-state index in [0.29, 0.717) is 12.2 Å². The molecule has 0 aliphatic rings. The second kappa shape index (κ2) is 6.62. The van der Waals surface area contributed by atoms with Crippen molar-refractivity contribution in [2.75, 3.05) is 0 Å². The summed E-state index contributed by atoms with van der Waals surface area (Å²) in [7, 11) is 0. The minimum atomic E-state index is -0.628. The van der Waals surface area contributed by atoms with Crippen LogP contribution in [0.2, 0.25) is 0 Å². The lowest BCUT2D eigenvalue weighted by atomic mass is 10.1. The van der Waals surface area contributed by atoms with Gasteiger partial charge in [-0.1, -0.05) is 26.0 Å². The van der Waals surface area contributed by atoms with Crippen LogP contribution in [0.5, 0.6) is 5.75 Å². The van der Waals surface area contributed by atoms with Crippen molar-refractivity contribution < 1.29 is 9.53 Å². The Morgan fingerprint density at radius 1 is 1.44 bits per heavy atom. The molecule has 18 heavy (non-hydrogen) atoms. The average Bonchev–Trinajstić information content (AvgIpc) is 2.37. The van der Waals surface area contributed by atoms with Crippen molar-refractivity contribution in [2.24, 2.45) is 11.8 Å². The van der Waals surface area contributed by atoms with E-state index in [9.17, 15) is 4.79 Å². The van der Waals surface area contributed by atoms with Gasteiger partial charge in [-0.2, -0.15) is 5.26 Å². The first-order valence-electron chi connectivity index (χ1n) is 5.71. The number of rotatable bonds is 5. The third-order valence-corrected chi connectivity index (χ3v) is 2.48. The molecule has 0 aliphatic heterocycles. The van der Waals surface area contributed by atoms with Crippen molar-refractivity contribution in [3.8, 4) is 11.8 Å². The van der Waals surface area contributed by atoms with E-state index in [1.165, 1.54) is 0 Å². The van der Waals surface area contributed by atoms with E-state index in [-0.39, 0.29) is 11.8 Å². The summed E-state index contributed by atoms with van der Waals surface area (Å²) in [5.74, 6) is 5.35. The number of ether oxygens (including phenoxy) is 1. The molecule has 96 valence electrons. The molecule has 5 nitrogen and oxygen atoms in total. The van der Waals surface area contributed by atoms with E-state index in [1.807, 2.05) is 13.8 Å². The number of hydrogen-bond acceptors (Lipinski definition) is 4. The Hall–Kier alpha value is -2.06. The molecular formula is C13H17N3O2. The quantitative estimate of drug-likeness (QED) is 0.464. The number of carbonyl (C=O) groups is 1. The number of benzene rings is 1. The van der Waals surface area contributed by atoms with Gasteiger partial charge in [-0.3, -0.25) is 10.2 Å². The van der Waals surface area contributed by atoms with Crippen LogP contribution in [0.1, 0.15) is 19.4 Å². The van der Waals surface area contributed by atoms with Gasteiger partial charge in [0.15, 0.2) is 6.10 Å². The Kier molecular flexibility index (Phi) is 5.15. The van der Waals surface area contributed by atoms with Crippen LogP contribution in [0.4, 0.5) is 0 Å². The second-order valence-corrected chi connectivity index (χ2v) is 4.27. The SMILES string of the molecule is CC(C)C(Oc1ccc(CC#N)cc1)C(=O)NN. The first-order valence-corrected chi connectivity index (χ1v) is 5.71. The van der Waals surface area contributed by atoms with Crippen LogP contribution in [-0.2, 0) is 11.2 Å². The molecule has 0 bridgehead atoms. The van der Waals surface area contributed by atoms with Gasteiger partial charge >= 0.3 is 0 Å². The Morgan fingerprint density at radius 2 is 2.06 bits per heavy atom. The van der Waals surface area contributed by atoms with Gasteiger partial charge in [0.25, 0.3) is 5.91 Å². The summed E-state index contributed by atoms with van der Waals surface area (Å²) in [6.45, 7) is 3.76. The van der Waals surface area contributed by atoms with E-state index >= 15 is 0 Å². The van der Waals surface area contributed by atoms with Gasteiger partial charge in [0.05, 0.1) is 12.5 Å². The van der Waals surface area contributed by atoms with Crippen LogP contribution in [-0.4, -0.2) is 12.0 Å². The highest BCUT2D eigenvalue weighted by Crippen LogP contribution is 2.17. The summed E-state index contributed by atoms with van der Waals surface area (Å²) in [4.78, 5) is 11.5. The zero-order chi connectivity index (χ0) is 13.5. The largest absolute Gasteiger partial charge is 0.480 e. The minimum absolute atomic E-state index is 0.00679. The molecule has 0 radical (unpaired) electrons. The van der Waals surface area contributed by atoms with Crippen molar-refractivity contribution in [3.05, 3.63) is 29.8 Å². The smallest absolute Gasteiger partial charge is 0.275 e. The molecule has 0 spiro atoms. The number of carbonyl (C=O) groups excluding carboxylic acids is 1. The molecule has 1 amide bonds. The molecule has 3 N–H and O–H groups in total. The molecular weight excluding hydrogens is 230 g/mol. The third-order valence-electron chi connectivity index (χ3n) is 2.48. The van der Waals surface area contributed by atoms with E-state index in [4.69, 9.17) is 15.8 Å². The summed E-state index contributed by atoms with van der Waals surface area (Å²) in [6.07, 6.45) is -0.270. The Labute approximate surface area is 107 Å². The number of nitrogens with one attached hydrogen (secondary N) is 1. The van der Waals surface area contributed by atoms with Crippen LogP contribution in [0.15, 0.2) is 24.3 Å². The van der Waals surface area contributed by atoms with Gasteiger partial charge in [0.1, 0.15) is 5.75 Å². The summed E-state index contributed by atoms with van der Waals surface area (Å²) in [5.41, 5.74) is 3.00.